The van der Waals surface area contributed by atoms with Crippen molar-refractivity contribution in [2.45, 2.75) is 26.4 Å². The van der Waals surface area contributed by atoms with Crippen molar-refractivity contribution in [1.29, 1.82) is 0 Å². The van der Waals surface area contributed by atoms with Gasteiger partial charge >= 0.3 is 0 Å². The van der Waals surface area contributed by atoms with Gasteiger partial charge in [-0.1, -0.05) is 29.8 Å². The number of likely N-dealkylation sites (N-methyl/N-ethyl adjacent to an activating group) is 1. The van der Waals surface area contributed by atoms with E-state index in [1.807, 2.05) is 57.4 Å². The normalized spacial score (nSPS) is 11.8. The average molecular weight is 383 g/mol. The summed E-state index contributed by atoms with van der Waals surface area (Å²) in [4.78, 5) is 26.6. The summed E-state index contributed by atoms with van der Waals surface area (Å²) in [7, 11) is 4.00. The van der Waals surface area contributed by atoms with Crippen LogP contribution >= 0.6 is 0 Å². The Morgan fingerprint density at radius 1 is 1.11 bits per heavy atom. The zero-order valence-corrected chi connectivity index (χ0v) is 17.0. The molecule has 2 rings (SSSR count). The first-order valence-corrected chi connectivity index (χ1v) is 9.37. The smallest absolute Gasteiger partial charge is 0.251 e. The lowest BCUT2D eigenvalue weighted by Gasteiger charge is -2.15. The maximum Gasteiger partial charge on any atom is 0.251 e. The Bertz CT molecular complexity index is 788. The van der Waals surface area contributed by atoms with Crippen LogP contribution in [0.1, 0.15) is 28.4 Å². The molecule has 0 aliphatic heterocycles. The Morgan fingerprint density at radius 2 is 1.82 bits per heavy atom. The molecule has 1 unspecified atom stereocenters. The van der Waals surface area contributed by atoms with Gasteiger partial charge in [-0.15, -0.1) is 0 Å². The van der Waals surface area contributed by atoms with E-state index >= 15 is 0 Å². The summed E-state index contributed by atoms with van der Waals surface area (Å²) in [5, 5.41) is 5.57. The van der Waals surface area contributed by atoms with Crippen molar-refractivity contribution in [3.63, 3.8) is 0 Å². The van der Waals surface area contributed by atoms with E-state index in [2.05, 4.69) is 15.5 Å². The van der Waals surface area contributed by atoms with Gasteiger partial charge in [-0.05, 0) is 57.8 Å². The lowest BCUT2D eigenvalue weighted by molar-refractivity contribution is -0.122. The molecule has 0 aliphatic rings. The van der Waals surface area contributed by atoms with Gasteiger partial charge in [-0.2, -0.15) is 0 Å². The number of nitrogens with one attached hydrogen (secondary N) is 2. The first kappa shape index (κ1) is 21.4. The molecule has 0 saturated heterocycles. The molecule has 0 spiro atoms. The number of rotatable bonds is 9. The molecule has 0 fully saturated rings. The molecule has 150 valence electrons. The predicted molar refractivity (Wildman–Crippen MR) is 110 cm³/mol. The molecule has 2 amide bonds. The third-order valence-corrected chi connectivity index (χ3v) is 4.22. The molecule has 0 bridgehead atoms. The van der Waals surface area contributed by atoms with E-state index in [4.69, 9.17) is 4.74 Å². The summed E-state index contributed by atoms with van der Waals surface area (Å²) in [6.45, 7) is 5.46. The number of ether oxygens (including phenoxy) is 1. The van der Waals surface area contributed by atoms with Crippen LogP contribution in [0.3, 0.4) is 0 Å². The van der Waals surface area contributed by atoms with Crippen LogP contribution < -0.4 is 15.4 Å². The number of amides is 2. The van der Waals surface area contributed by atoms with Crippen LogP contribution in [-0.4, -0.2) is 50.0 Å². The predicted octanol–water partition coefficient (Wildman–Crippen LogP) is 2.37. The quantitative estimate of drug-likeness (QED) is 0.697. The van der Waals surface area contributed by atoms with E-state index in [1.54, 1.807) is 19.1 Å². The second-order valence-corrected chi connectivity index (χ2v) is 7.08. The van der Waals surface area contributed by atoms with E-state index in [0.717, 1.165) is 23.4 Å². The molecule has 28 heavy (non-hydrogen) atoms. The minimum absolute atomic E-state index is 0.229. The molecule has 6 nitrogen and oxygen atoms in total. The molecule has 1 atom stereocenters. The molecule has 0 radical (unpaired) electrons. The monoisotopic (exact) mass is 383 g/mol. The molecule has 6 heteroatoms. The van der Waals surface area contributed by atoms with Crippen molar-refractivity contribution in [2.75, 3.05) is 27.2 Å². The zero-order valence-electron chi connectivity index (χ0n) is 17.0. The van der Waals surface area contributed by atoms with Crippen LogP contribution in [0.15, 0.2) is 48.5 Å². The molecule has 2 aromatic rings. The van der Waals surface area contributed by atoms with Crippen LogP contribution in [0.2, 0.25) is 0 Å². The van der Waals surface area contributed by atoms with E-state index in [9.17, 15) is 9.59 Å². The van der Waals surface area contributed by atoms with Crippen LogP contribution in [0.4, 0.5) is 0 Å². The summed E-state index contributed by atoms with van der Waals surface area (Å²) >= 11 is 0. The molecule has 0 aromatic heterocycles. The second-order valence-electron chi connectivity index (χ2n) is 7.08. The Balaban J connectivity index is 1.78. The molecular formula is C22H29N3O3. The fourth-order valence-corrected chi connectivity index (χ4v) is 2.52. The Morgan fingerprint density at radius 3 is 2.46 bits per heavy atom. The number of benzene rings is 2. The highest BCUT2D eigenvalue weighted by atomic mass is 16.5. The summed E-state index contributed by atoms with van der Waals surface area (Å²) in [6.07, 6.45) is 0. The molecule has 0 saturated carbocycles. The fraction of sp³-hybridized carbons (Fsp3) is 0.364. The number of nitrogens with zero attached hydrogens (tertiary/aromatic N) is 1. The highest BCUT2D eigenvalue weighted by Gasteiger charge is 2.16. The van der Waals surface area contributed by atoms with Gasteiger partial charge in [0.15, 0.2) is 0 Å². The largest absolute Gasteiger partial charge is 0.492 e. The Kier molecular flexibility index (Phi) is 8.02. The SMILES string of the molecule is Cc1cccc(C(=O)NC(C)C(=O)NCc2ccc(OCCN(C)C)cc2)c1. The Labute approximate surface area is 166 Å². The van der Waals surface area contributed by atoms with Gasteiger partial charge in [-0.3, -0.25) is 9.59 Å². The van der Waals surface area contributed by atoms with E-state index in [0.29, 0.717) is 18.7 Å². The summed E-state index contributed by atoms with van der Waals surface area (Å²) in [6, 6.07) is 14.3. The number of carbonyl (C=O) groups is 2. The topological polar surface area (TPSA) is 70.7 Å². The van der Waals surface area contributed by atoms with E-state index in [-0.39, 0.29) is 11.8 Å². The van der Waals surface area contributed by atoms with E-state index < -0.39 is 6.04 Å². The number of carbonyl (C=O) groups excluding carboxylic acids is 2. The van der Waals surface area contributed by atoms with Crippen LogP contribution in [0.25, 0.3) is 0 Å². The van der Waals surface area contributed by atoms with Crippen LogP contribution in [0, 0.1) is 6.92 Å². The van der Waals surface area contributed by atoms with Gasteiger partial charge in [0.25, 0.3) is 5.91 Å². The van der Waals surface area contributed by atoms with Crippen LogP contribution in [0.5, 0.6) is 5.75 Å². The maximum atomic E-state index is 12.3. The molecule has 2 aromatic carbocycles. The average Bonchev–Trinajstić information content (AvgIpc) is 2.66. The summed E-state index contributed by atoms with van der Waals surface area (Å²) < 4.78 is 5.65. The fourth-order valence-electron chi connectivity index (χ4n) is 2.52. The minimum atomic E-state index is -0.623. The number of aryl methyl sites for hydroxylation is 1. The Hall–Kier alpha value is -2.86. The van der Waals surface area contributed by atoms with Gasteiger partial charge in [0.1, 0.15) is 18.4 Å². The summed E-state index contributed by atoms with van der Waals surface area (Å²) in [5.74, 6) is 0.314. The van der Waals surface area contributed by atoms with Crippen molar-refractivity contribution >= 4 is 11.8 Å². The first-order valence-electron chi connectivity index (χ1n) is 9.37. The number of hydrogen-bond donors (Lipinski definition) is 2. The van der Waals surface area contributed by atoms with Gasteiger partial charge in [0.05, 0.1) is 0 Å². The zero-order chi connectivity index (χ0) is 20.5. The van der Waals surface area contributed by atoms with Crippen molar-refractivity contribution in [2.24, 2.45) is 0 Å². The van der Waals surface area contributed by atoms with Crippen molar-refractivity contribution in [1.82, 2.24) is 15.5 Å². The van der Waals surface area contributed by atoms with Crippen molar-refractivity contribution in [3.05, 3.63) is 65.2 Å². The molecule has 0 heterocycles. The van der Waals surface area contributed by atoms with Crippen molar-refractivity contribution < 1.29 is 14.3 Å². The van der Waals surface area contributed by atoms with Gasteiger partial charge < -0.3 is 20.3 Å². The lowest BCUT2D eigenvalue weighted by atomic mass is 10.1. The maximum absolute atomic E-state index is 12.3. The third-order valence-electron chi connectivity index (χ3n) is 4.22. The summed E-state index contributed by atoms with van der Waals surface area (Å²) in [5.41, 5.74) is 2.51. The van der Waals surface area contributed by atoms with Crippen LogP contribution in [-0.2, 0) is 11.3 Å². The van der Waals surface area contributed by atoms with Gasteiger partial charge in [0, 0.05) is 18.7 Å². The van der Waals surface area contributed by atoms with Gasteiger partial charge in [0.2, 0.25) is 5.91 Å². The lowest BCUT2D eigenvalue weighted by Crippen LogP contribution is -2.44. The van der Waals surface area contributed by atoms with Gasteiger partial charge in [-0.25, -0.2) is 0 Å². The molecule has 0 aliphatic carbocycles. The molecule has 2 N–H and O–H groups in total. The van der Waals surface area contributed by atoms with Crippen molar-refractivity contribution in [3.8, 4) is 5.75 Å². The number of hydrogen-bond acceptors (Lipinski definition) is 4. The highest BCUT2D eigenvalue weighted by Crippen LogP contribution is 2.12. The standard InChI is InChI=1S/C22H29N3O3/c1-16-6-5-7-19(14-16)22(27)24-17(2)21(26)23-15-18-8-10-20(11-9-18)28-13-12-25(3)4/h5-11,14,17H,12-13,15H2,1-4H3,(H,23,26)(H,24,27). The minimum Gasteiger partial charge on any atom is -0.492 e. The third kappa shape index (κ3) is 7.04. The second kappa shape index (κ2) is 10.5. The first-order chi connectivity index (χ1) is 13.3. The molecular weight excluding hydrogens is 354 g/mol. The highest BCUT2D eigenvalue weighted by molar-refractivity contribution is 5.97. The van der Waals surface area contributed by atoms with E-state index in [1.165, 1.54) is 0 Å².